The number of anilines is 1. The van der Waals surface area contributed by atoms with E-state index in [0.29, 0.717) is 16.1 Å². The standard InChI is InChI=1S/C13H14BrN3O2/c1-17(2)9-5-3-8(4-6-9)13-15-10(7-11(18)19)12(14)16-13/h3-6H,7H2,1-2H3,(H,15,16)(H,18,19). The number of rotatable bonds is 4. The third-order valence-electron chi connectivity index (χ3n) is 2.71. The van der Waals surface area contributed by atoms with E-state index in [1.54, 1.807) is 0 Å². The summed E-state index contributed by atoms with van der Waals surface area (Å²) in [5.74, 6) is -0.229. The van der Waals surface area contributed by atoms with Gasteiger partial charge in [-0.15, -0.1) is 0 Å². The third kappa shape index (κ3) is 3.14. The molecule has 0 radical (unpaired) electrons. The van der Waals surface area contributed by atoms with Gasteiger partial charge in [0.2, 0.25) is 0 Å². The normalized spacial score (nSPS) is 10.5. The van der Waals surface area contributed by atoms with Gasteiger partial charge in [0.15, 0.2) is 0 Å². The first kappa shape index (κ1) is 13.6. The summed E-state index contributed by atoms with van der Waals surface area (Å²) >= 11 is 3.27. The van der Waals surface area contributed by atoms with Crippen molar-refractivity contribution >= 4 is 27.6 Å². The number of carbonyl (C=O) groups is 1. The van der Waals surface area contributed by atoms with E-state index in [0.717, 1.165) is 11.3 Å². The van der Waals surface area contributed by atoms with Crippen molar-refractivity contribution in [3.05, 3.63) is 34.6 Å². The van der Waals surface area contributed by atoms with Gasteiger partial charge < -0.3 is 15.0 Å². The summed E-state index contributed by atoms with van der Waals surface area (Å²) in [5.41, 5.74) is 2.59. The fourth-order valence-electron chi connectivity index (χ4n) is 1.71. The van der Waals surface area contributed by atoms with E-state index in [1.165, 1.54) is 0 Å². The van der Waals surface area contributed by atoms with E-state index in [4.69, 9.17) is 5.11 Å². The van der Waals surface area contributed by atoms with Gasteiger partial charge in [0.1, 0.15) is 10.4 Å². The maximum Gasteiger partial charge on any atom is 0.309 e. The minimum atomic E-state index is -0.890. The van der Waals surface area contributed by atoms with Crippen molar-refractivity contribution in [1.82, 2.24) is 9.97 Å². The van der Waals surface area contributed by atoms with E-state index < -0.39 is 5.97 Å². The summed E-state index contributed by atoms with van der Waals surface area (Å²) < 4.78 is 0.543. The van der Waals surface area contributed by atoms with Crippen LogP contribution in [0, 0.1) is 0 Å². The van der Waals surface area contributed by atoms with Crippen molar-refractivity contribution in [1.29, 1.82) is 0 Å². The molecule has 2 aromatic rings. The molecular formula is C13H14BrN3O2. The average molecular weight is 324 g/mol. The van der Waals surface area contributed by atoms with Crippen LogP contribution < -0.4 is 4.90 Å². The van der Waals surface area contributed by atoms with E-state index >= 15 is 0 Å². The van der Waals surface area contributed by atoms with Crippen molar-refractivity contribution < 1.29 is 9.90 Å². The SMILES string of the molecule is CN(C)c1ccc(-c2nc(Br)c(CC(=O)O)[nH]2)cc1. The molecule has 0 bridgehead atoms. The molecule has 5 nitrogen and oxygen atoms in total. The lowest BCUT2D eigenvalue weighted by Gasteiger charge is -2.12. The number of H-pyrrole nitrogens is 1. The number of carboxylic acid groups (broad SMARTS) is 1. The van der Waals surface area contributed by atoms with Gasteiger partial charge in [-0.25, -0.2) is 4.98 Å². The molecule has 0 aliphatic heterocycles. The molecule has 0 unspecified atom stereocenters. The molecule has 1 heterocycles. The summed E-state index contributed by atoms with van der Waals surface area (Å²) in [6.07, 6.45) is -0.0800. The van der Waals surface area contributed by atoms with Gasteiger partial charge in [-0.3, -0.25) is 4.79 Å². The van der Waals surface area contributed by atoms with Crippen molar-refractivity contribution in [3.8, 4) is 11.4 Å². The number of imidazole rings is 1. The molecule has 1 aromatic carbocycles. The lowest BCUT2D eigenvalue weighted by Crippen LogP contribution is -2.07. The Morgan fingerprint density at radius 2 is 2.00 bits per heavy atom. The summed E-state index contributed by atoms with van der Waals surface area (Å²) in [5, 5.41) is 8.79. The molecule has 0 saturated heterocycles. The maximum absolute atomic E-state index is 10.7. The van der Waals surface area contributed by atoms with E-state index in [-0.39, 0.29) is 6.42 Å². The molecule has 0 fully saturated rings. The van der Waals surface area contributed by atoms with Crippen molar-refractivity contribution in [2.75, 3.05) is 19.0 Å². The van der Waals surface area contributed by atoms with E-state index in [2.05, 4.69) is 25.9 Å². The number of aliphatic carboxylic acids is 1. The zero-order chi connectivity index (χ0) is 14.0. The highest BCUT2D eigenvalue weighted by Gasteiger charge is 2.12. The molecule has 1 aromatic heterocycles. The van der Waals surface area contributed by atoms with Crippen molar-refractivity contribution in [2.45, 2.75) is 6.42 Å². The number of hydrogen-bond donors (Lipinski definition) is 2. The fourth-order valence-corrected chi connectivity index (χ4v) is 2.13. The first-order valence-electron chi connectivity index (χ1n) is 5.71. The Morgan fingerprint density at radius 3 is 2.53 bits per heavy atom. The molecule has 2 N–H and O–H groups in total. The number of benzene rings is 1. The van der Waals surface area contributed by atoms with Gasteiger partial charge in [0.25, 0.3) is 0 Å². The predicted octanol–water partition coefficient (Wildman–Crippen LogP) is 2.53. The fraction of sp³-hybridized carbons (Fsp3) is 0.231. The van der Waals surface area contributed by atoms with Gasteiger partial charge in [-0.1, -0.05) is 0 Å². The zero-order valence-corrected chi connectivity index (χ0v) is 12.2. The number of halogens is 1. The zero-order valence-electron chi connectivity index (χ0n) is 10.6. The number of hydrogen-bond acceptors (Lipinski definition) is 3. The summed E-state index contributed by atoms with van der Waals surface area (Å²) in [7, 11) is 3.95. The predicted molar refractivity (Wildman–Crippen MR) is 77.4 cm³/mol. The second-order valence-corrected chi connectivity index (χ2v) is 5.12. The number of nitrogens with zero attached hydrogens (tertiary/aromatic N) is 2. The van der Waals surface area contributed by atoms with Gasteiger partial charge in [-0.05, 0) is 40.2 Å². The minimum absolute atomic E-state index is 0.0800. The van der Waals surface area contributed by atoms with Crippen LogP contribution in [0.4, 0.5) is 5.69 Å². The van der Waals surface area contributed by atoms with Crippen molar-refractivity contribution in [2.24, 2.45) is 0 Å². The first-order chi connectivity index (χ1) is 8.97. The van der Waals surface area contributed by atoms with Gasteiger partial charge in [0, 0.05) is 25.3 Å². The Hall–Kier alpha value is -1.82. The van der Waals surface area contributed by atoms with Crippen LogP contribution >= 0.6 is 15.9 Å². The Kier molecular flexibility index (Phi) is 3.90. The minimum Gasteiger partial charge on any atom is -0.481 e. The number of carboxylic acids is 1. The van der Waals surface area contributed by atoms with Gasteiger partial charge in [0.05, 0.1) is 12.1 Å². The molecule has 0 aliphatic rings. The summed E-state index contributed by atoms with van der Waals surface area (Å²) in [6, 6.07) is 7.88. The van der Waals surface area contributed by atoms with Crippen LogP contribution in [-0.4, -0.2) is 35.1 Å². The second kappa shape index (κ2) is 5.44. The number of aromatic amines is 1. The van der Waals surface area contributed by atoms with Crippen molar-refractivity contribution in [3.63, 3.8) is 0 Å². The molecule has 2 rings (SSSR count). The molecule has 100 valence electrons. The lowest BCUT2D eigenvalue weighted by atomic mass is 10.2. The highest BCUT2D eigenvalue weighted by Crippen LogP contribution is 2.24. The summed E-state index contributed by atoms with van der Waals surface area (Å²) in [4.78, 5) is 20.0. The van der Waals surface area contributed by atoms with Gasteiger partial charge in [-0.2, -0.15) is 0 Å². The second-order valence-electron chi connectivity index (χ2n) is 4.37. The van der Waals surface area contributed by atoms with Crippen LogP contribution in [0.5, 0.6) is 0 Å². The smallest absolute Gasteiger partial charge is 0.309 e. The molecule has 0 aliphatic carbocycles. The summed E-state index contributed by atoms with van der Waals surface area (Å²) in [6.45, 7) is 0. The van der Waals surface area contributed by atoms with Crippen LogP contribution in [0.3, 0.4) is 0 Å². The average Bonchev–Trinajstić information content (AvgIpc) is 2.70. The van der Waals surface area contributed by atoms with Crippen LogP contribution in [0.25, 0.3) is 11.4 Å². The first-order valence-corrected chi connectivity index (χ1v) is 6.50. The quantitative estimate of drug-likeness (QED) is 0.907. The maximum atomic E-state index is 10.7. The molecular weight excluding hydrogens is 310 g/mol. The van der Waals surface area contributed by atoms with Crippen LogP contribution in [0.2, 0.25) is 0 Å². The number of nitrogens with one attached hydrogen (secondary N) is 1. The molecule has 19 heavy (non-hydrogen) atoms. The number of aromatic nitrogens is 2. The third-order valence-corrected chi connectivity index (χ3v) is 3.37. The monoisotopic (exact) mass is 323 g/mol. The molecule has 0 amide bonds. The highest BCUT2D eigenvalue weighted by atomic mass is 79.9. The Balaban J connectivity index is 2.29. The van der Waals surface area contributed by atoms with Crippen LogP contribution in [-0.2, 0) is 11.2 Å². The molecule has 0 saturated carbocycles. The van der Waals surface area contributed by atoms with Gasteiger partial charge >= 0.3 is 5.97 Å². The van der Waals surface area contributed by atoms with Crippen LogP contribution in [0.15, 0.2) is 28.9 Å². The lowest BCUT2D eigenvalue weighted by molar-refractivity contribution is -0.136. The Morgan fingerprint density at radius 1 is 1.37 bits per heavy atom. The molecule has 0 atom stereocenters. The molecule has 0 spiro atoms. The van der Waals surface area contributed by atoms with Crippen LogP contribution in [0.1, 0.15) is 5.69 Å². The van der Waals surface area contributed by atoms with E-state index in [9.17, 15) is 4.79 Å². The largest absolute Gasteiger partial charge is 0.481 e. The Bertz CT molecular complexity index is 590. The Labute approximate surface area is 119 Å². The van der Waals surface area contributed by atoms with E-state index in [1.807, 2.05) is 43.3 Å². The topological polar surface area (TPSA) is 69.2 Å². The highest BCUT2D eigenvalue weighted by molar-refractivity contribution is 9.10. The molecule has 6 heteroatoms.